The molecule has 4 N–H and O–H groups in total. The van der Waals surface area contributed by atoms with Crippen molar-refractivity contribution in [2.75, 3.05) is 7.05 Å². The number of sulfonamides is 1. The number of nitrogens with one attached hydrogen (secondary N) is 2. The molecule has 0 bridgehead atoms. The predicted octanol–water partition coefficient (Wildman–Crippen LogP) is 1.09. The van der Waals surface area contributed by atoms with E-state index in [1.807, 2.05) is 0 Å². The summed E-state index contributed by atoms with van der Waals surface area (Å²) in [6, 6.07) is 3.77. The summed E-state index contributed by atoms with van der Waals surface area (Å²) in [5.74, 6) is 1.43. The van der Waals surface area contributed by atoms with Gasteiger partial charge in [-0.15, -0.1) is 35.3 Å². The van der Waals surface area contributed by atoms with Crippen molar-refractivity contribution in [3.8, 4) is 0 Å². The fraction of sp³-hybridized carbons (Fsp3) is 0.545. The van der Waals surface area contributed by atoms with E-state index >= 15 is 0 Å². The lowest BCUT2D eigenvalue weighted by atomic mass is 10.4. The van der Waals surface area contributed by atoms with Gasteiger partial charge in [0.1, 0.15) is 4.21 Å². The summed E-state index contributed by atoms with van der Waals surface area (Å²) in [7, 11) is -1.88. The summed E-state index contributed by atoms with van der Waals surface area (Å²) in [5.41, 5.74) is 0. The Labute approximate surface area is 140 Å². The van der Waals surface area contributed by atoms with E-state index in [0.717, 1.165) is 17.3 Å². The number of nitrogens with zero attached hydrogens (tertiary/aromatic N) is 1. The van der Waals surface area contributed by atoms with E-state index in [-0.39, 0.29) is 28.2 Å². The highest BCUT2D eigenvalue weighted by Gasteiger charge is 2.33. The molecule has 0 spiro atoms. The summed E-state index contributed by atoms with van der Waals surface area (Å²) in [6.07, 6.45) is 1.16. The number of thiophene rings is 1. The van der Waals surface area contributed by atoms with Gasteiger partial charge in [0.05, 0.1) is 6.54 Å². The average Bonchev–Trinajstić information content (AvgIpc) is 2.83. The highest BCUT2D eigenvalue weighted by atomic mass is 127. The van der Waals surface area contributed by atoms with Gasteiger partial charge in [0.25, 0.3) is 0 Å². The Hall–Kier alpha value is -0.390. The fourth-order valence-electron chi connectivity index (χ4n) is 1.67. The van der Waals surface area contributed by atoms with Crippen molar-refractivity contribution < 1.29 is 8.42 Å². The molecule has 20 heavy (non-hydrogen) atoms. The van der Waals surface area contributed by atoms with Crippen molar-refractivity contribution in [1.82, 2.24) is 10.6 Å². The topological polar surface area (TPSA) is 96.6 Å². The molecule has 1 fully saturated rings. The molecule has 1 aliphatic carbocycles. The minimum atomic E-state index is -3.60. The Bertz CT molecular complexity index is 585. The summed E-state index contributed by atoms with van der Waals surface area (Å²) >= 11 is 1.17. The number of nitrogens with two attached hydrogens (primary N) is 1. The molecular weight excluding hydrogens is 411 g/mol. The van der Waals surface area contributed by atoms with Crippen molar-refractivity contribution in [1.29, 1.82) is 0 Å². The van der Waals surface area contributed by atoms with E-state index < -0.39 is 10.0 Å². The van der Waals surface area contributed by atoms with Crippen LogP contribution < -0.4 is 15.8 Å². The SMILES string of the molecule is CN=C(NCc1ccc(S(N)(=O)=O)s1)NC1CC1C.I. The van der Waals surface area contributed by atoms with E-state index in [0.29, 0.717) is 18.5 Å². The fourth-order valence-corrected chi connectivity index (χ4v) is 3.39. The Morgan fingerprint density at radius 2 is 2.20 bits per heavy atom. The first-order chi connectivity index (χ1) is 8.90. The highest BCUT2D eigenvalue weighted by molar-refractivity contribution is 14.0. The zero-order valence-electron chi connectivity index (χ0n) is 11.3. The van der Waals surface area contributed by atoms with Gasteiger partial charge in [-0.1, -0.05) is 6.92 Å². The molecular formula is C11H19IN4O2S2. The number of hydrogen-bond acceptors (Lipinski definition) is 4. The van der Waals surface area contributed by atoms with Crippen LogP contribution in [-0.2, 0) is 16.6 Å². The maximum absolute atomic E-state index is 11.2. The van der Waals surface area contributed by atoms with Crippen LogP contribution in [0.1, 0.15) is 18.2 Å². The zero-order chi connectivity index (χ0) is 14.0. The molecule has 0 aliphatic heterocycles. The van der Waals surface area contributed by atoms with Gasteiger partial charge in [0.2, 0.25) is 10.0 Å². The third-order valence-corrected chi connectivity index (χ3v) is 5.53. The summed E-state index contributed by atoms with van der Waals surface area (Å²) in [5, 5.41) is 11.5. The Morgan fingerprint density at radius 3 is 2.65 bits per heavy atom. The second-order valence-corrected chi connectivity index (χ2v) is 7.61. The minimum Gasteiger partial charge on any atom is -0.353 e. The van der Waals surface area contributed by atoms with Crippen LogP contribution in [-0.4, -0.2) is 27.5 Å². The van der Waals surface area contributed by atoms with Gasteiger partial charge in [-0.25, -0.2) is 13.6 Å². The van der Waals surface area contributed by atoms with Gasteiger partial charge < -0.3 is 10.6 Å². The molecule has 0 amide bonds. The maximum atomic E-state index is 11.2. The van der Waals surface area contributed by atoms with E-state index in [1.54, 1.807) is 13.1 Å². The third kappa shape index (κ3) is 4.86. The largest absolute Gasteiger partial charge is 0.353 e. The smallest absolute Gasteiger partial charge is 0.247 e. The standard InChI is InChI=1S/C11H18N4O2S2.HI/c1-7-5-9(7)15-11(13-2)14-6-8-3-4-10(18-8)19(12,16)17;/h3-4,7,9H,5-6H2,1-2H3,(H2,12,16,17)(H2,13,14,15);1H. The van der Waals surface area contributed by atoms with Crippen LogP contribution in [0.2, 0.25) is 0 Å². The van der Waals surface area contributed by atoms with Crippen LogP contribution in [0.5, 0.6) is 0 Å². The van der Waals surface area contributed by atoms with Gasteiger partial charge in [0.15, 0.2) is 5.96 Å². The monoisotopic (exact) mass is 430 g/mol. The minimum absolute atomic E-state index is 0. The van der Waals surface area contributed by atoms with E-state index in [2.05, 4.69) is 22.5 Å². The van der Waals surface area contributed by atoms with E-state index in [4.69, 9.17) is 5.14 Å². The normalized spacial score (nSPS) is 22.1. The molecule has 1 aromatic heterocycles. The molecule has 1 aliphatic rings. The van der Waals surface area contributed by atoms with Crippen molar-refractivity contribution >= 4 is 51.3 Å². The molecule has 9 heteroatoms. The van der Waals surface area contributed by atoms with Crippen LogP contribution in [0.3, 0.4) is 0 Å². The van der Waals surface area contributed by atoms with Crippen LogP contribution >= 0.6 is 35.3 Å². The number of primary sulfonamides is 1. The molecule has 114 valence electrons. The number of rotatable bonds is 4. The Kier molecular flexibility index (Phi) is 6.23. The lowest BCUT2D eigenvalue weighted by Gasteiger charge is -2.10. The molecule has 2 atom stereocenters. The van der Waals surface area contributed by atoms with Crippen LogP contribution in [0.25, 0.3) is 0 Å². The highest BCUT2D eigenvalue weighted by Crippen LogP contribution is 2.28. The van der Waals surface area contributed by atoms with Crippen molar-refractivity contribution in [2.45, 2.75) is 30.1 Å². The van der Waals surface area contributed by atoms with Crippen molar-refractivity contribution in [2.24, 2.45) is 16.0 Å². The van der Waals surface area contributed by atoms with E-state index in [9.17, 15) is 8.42 Å². The number of halogens is 1. The molecule has 2 rings (SSSR count). The van der Waals surface area contributed by atoms with Gasteiger partial charge in [-0.2, -0.15) is 0 Å². The lowest BCUT2D eigenvalue weighted by Crippen LogP contribution is -2.38. The number of guanidine groups is 1. The van der Waals surface area contributed by atoms with Crippen molar-refractivity contribution in [3.63, 3.8) is 0 Å². The van der Waals surface area contributed by atoms with Gasteiger partial charge in [0, 0.05) is 18.0 Å². The van der Waals surface area contributed by atoms with Crippen LogP contribution in [0.4, 0.5) is 0 Å². The number of hydrogen-bond donors (Lipinski definition) is 3. The maximum Gasteiger partial charge on any atom is 0.247 e. The number of aliphatic imine (C=N–C) groups is 1. The van der Waals surface area contributed by atoms with Gasteiger partial charge in [-0.05, 0) is 24.5 Å². The summed E-state index contributed by atoms with van der Waals surface area (Å²) < 4.78 is 22.5. The van der Waals surface area contributed by atoms with Gasteiger partial charge >= 0.3 is 0 Å². The molecule has 1 saturated carbocycles. The Balaban J connectivity index is 0.00000200. The summed E-state index contributed by atoms with van der Waals surface area (Å²) in [6.45, 7) is 2.71. The van der Waals surface area contributed by atoms with E-state index in [1.165, 1.54) is 17.4 Å². The predicted molar refractivity (Wildman–Crippen MR) is 92.0 cm³/mol. The van der Waals surface area contributed by atoms with Crippen LogP contribution in [0, 0.1) is 5.92 Å². The molecule has 0 saturated heterocycles. The average molecular weight is 430 g/mol. The first-order valence-electron chi connectivity index (χ1n) is 5.99. The van der Waals surface area contributed by atoms with Crippen LogP contribution in [0.15, 0.2) is 21.3 Å². The second kappa shape index (κ2) is 7.05. The van der Waals surface area contributed by atoms with Gasteiger partial charge in [-0.3, -0.25) is 4.99 Å². The zero-order valence-corrected chi connectivity index (χ0v) is 15.3. The second-order valence-electron chi connectivity index (χ2n) is 4.66. The third-order valence-electron chi connectivity index (χ3n) is 3.00. The van der Waals surface area contributed by atoms with Crippen molar-refractivity contribution in [3.05, 3.63) is 17.0 Å². The molecule has 0 aromatic carbocycles. The molecule has 6 nitrogen and oxygen atoms in total. The molecule has 1 heterocycles. The molecule has 1 aromatic rings. The molecule has 2 unspecified atom stereocenters. The quantitative estimate of drug-likeness (QED) is 0.379. The first kappa shape index (κ1) is 17.7. The molecule has 0 radical (unpaired) electrons. The Morgan fingerprint density at radius 1 is 1.55 bits per heavy atom. The summed E-state index contributed by atoms with van der Waals surface area (Å²) in [4.78, 5) is 5.03. The first-order valence-corrected chi connectivity index (χ1v) is 8.35. The lowest BCUT2D eigenvalue weighted by molar-refractivity contribution is 0.600.